The van der Waals surface area contributed by atoms with Gasteiger partial charge in [-0.2, -0.15) is 0 Å². The number of carbonyl (C=O) groups excluding carboxylic acids is 1. The normalized spacial score (nSPS) is 19.3. The molecule has 9 nitrogen and oxygen atoms in total. The molecule has 3 N–H and O–H groups in total. The van der Waals surface area contributed by atoms with Gasteiger partial charge in [0.05, 0.1) is 59.0 Å². The van der Waals surface area contributed by atoms with Crippen LogP contribution in [0.3, 0.4) is 0 Å². The van der Waals surface area contributed by atoms with E-state index in [9.17, 15) is 20.1 Å². The van der Waals surface area contributed by atoms with Gasteiger partial charge in [-0.1, -0.05) is 6.08 Å². The Kier molecular flexibility index (Phi) is 13.2. The Balaban J connectivity index is 1.98. The van der Waals surface area contributed by atoms with Crippen molar-refractivity contribution in [2.45, 2.75) is 43.7 Å². The lowest BCUT2D eigenvalue weighted by Gasteiger charge is -2.19. The molecule has 4 atom stereocenters. The van der Waals surface area contributed by atoms with Crippen LogP contribution in [0.1, 0.15) is 19.3 Å². The van der Waals surface area contributed by atoms with E-state index < -0.39 is 18.3 Å². The molecule has 1 fully saturated rings. The molecule has 0 aromatic carbocycles. The van der Waals surface area contributed by atoms with Crippen molar-refractivity contribution in [3.8, 4) is 0 Å². The van der Waals surface area contributed by atoms with E-state index in [0.29, 0.717) is 19.6 Å². The molecule has 0 aliphatic carbocycles. The third-order valence-corrected chi connectivity index (χ3v) is 3.62. The van der Waals surface area contributed by atoms with Crippen molar-refractivity contribution in [2.24, 2.45) is 0 Å². The molecule has 1 aliphatic rings. The minimum atomic E-state index is -0.894. The molecule has 9 heteroatoms. The first kappa shape index (κ1) is 24.0. The fourth-order valence-electron chi connectivity index (χ4n) is 1.97. The Morgan fingerprint density at radius 3 is 2.59 bits per heavy atom. The molecule has 0 radical (unpaired) electrons. The van der Waals surface area contributed by atoms with Gasteiger partial charge >= 0.3 is 5.97 Å². The van der Waals surface area contributed by atoms with Crippen molar-refractivity contribution in [2.75, 3.05) is 52.9 Å². The highest BCUT2D eigenvalue weighted by Gasteiger charge is 2.23. The summed E-state index contributed by atoms with van der Waals surface area (Å²) in [4.78, 5) is 11.3. The molecule has 1 rings (SSSR count). The second kappa shape index (κ2) is 14.9. The van der Waals surface area contributed by atoms with Crippen molar-refractivity contribution in [3.05, 3.63) is 12.7 Å². The van der Waals surface area contributed by atoms with Gasteiger partial charge in [-0.15, -0.1) is 6.58 Å². The summed E-state index contributed by atoms with van der Waals surface area (Å²) in [5.41, 5.74) is 0. The van der Waals surface area contributed by atoms with Gasteiger partial charge in [0.1, 0.15) is 18.3 Å². The smallest absolute Gasteiger partial charge is 0.306 e. The van der Waals surface area contributed by atoms with Crippen LogP contribution in [0, 0.1) is 0 Å². The number of allylic oxidation sites excluding steroid dienone is 1. The van der Waals surface area contributed by atoms with Crippen LogP contribution in [0.2, 0.25) is 0 Å². The molecule has 27 heavy (non-hydrogen) atoms. The van der Waals surface area contributed by atoms with Crippen LogP contribution in [0.25, 0.3) is 0 Å². The zero-order valence-corrected chi connectivity index (χ0v) is 15.7. The summed E-state index contributed by atoms with van der Waals surface area (Å²) >= 11 is 0. The topological polar surface area (TPSA) is 127 Å². The van der Waals surface area contributed by atoms with Gasteiger partial charge in [0.2, 0.25) is 0 Å². The van der Waals surface area contributed by atoms with Crippen LogP contribution in [-0.2, 0) is 28.5 Å². The number of ether oxygens (including phenoxy) is 5. The summed E-state index contributed by atoms with van der Waals surface area (Å²) in [6.45, 7) is 4.75. The first-order valence-corrected chi connectivity index (χ1v) is 9.17. The largest absolute Gasteiger partial charge is 0.466 e. The molecule has 0 aromatic rings. The number of aliphatic hydroxyl groups is 3. The van der Waals surface area contributed by atoms with E-state index in [1.165, 1.54) is 0 Å². The maximum absolute atomic E-state index is 11.3. The number of esters is 1. The Morgan fingerprint density at radius 2 is 1.93 bits per heavy atom. The highest BCUT2D eigenvalue weighted by Crippen LogP contribution is 2.09. The lowest BCUT2D eigenvalue weighted by atomic mass is 10.3. The van der Waals surface area contributed by atoms with Crippen LogP contribution in [0.15, 0.2) is 12.7 Å². The van der Waals surface area contributed by atoms with Gasteiger partial charge in [-0.25, -0.2) is 0 Å². The highest BCUT2D eigenvalue weighted by atomic mass is 16.6. The van der Waals surface area contributed by atoms with E-state index in [-0.39, 0.29) is 64.6 Å². The lowest BCUT2D eigenvalue weighted by molar-refractivity contribution is -0.144. The van der Waals surface area contributed by atoms with Gasteiger partial charge in [0.15, 0.2) is 0 Å². The van der Waals surface area contributed by atoms with E-state index in [4.69, 9.17) is 23.7 Å². The highest BCUT2D eigenvalue weighted by molar-refractivity contribution is 5.69. The summed E-state index contributed by atoms with van der Waals surface area (Å²) < 4.78 is 25.9. The molecule has 0 saturated carbocycles. The predicted octanol–water partition coefficient (Wildman–Crippen LogP) is -0.583. The standard InChI is InChI=1S/C18H32O9/c1-2-3-4-18(22)25-6-5-14(20)8-23-9-15(21)10-26-16(7-19)11-24-12-17-13-27-17/h2,14-17,19-21H,1,3-13H2. The number of epoxide rings is 1. The average Bonchev–Trinajstić information content (AvgIpc) is 3.47. The molecule has 158 valence electrons. The van der Waals surface area contributed by atoms with E-state index in [1.807, 2.05) is 0 Å². The monoisotopic (exact) mass is 392 g/mol. The first-order valence-electron chi connectivity index (χ1n) is 9.17. The zero-order chi connectivity index (χ0) is 19.9. The Morgan fingerprint density at radius 1 is 1.19 bits per heavy atom. The van der Waals surface area contributed by atoms with E-state index in [1.54, 1.807) is 6.08 Å². The fourth-order valence-corrected chi connectivity index (χ4v) is 1.97. The van der Waals surface area contributed by atoms with Crippen molar-refractivity contribution >= 4 is 5.97 Å². The van der Waals surface area contributed by atoms with Gasteiger partial charge in [0.25, 0.3) is 0 Å². The number of hydrogen-bond acceptors (Lipinski definition) is 9. The van der Waals surface area contributed by atoms with Crippen molar-refractivity contribution < 1.29 is 43.8 Å². The summed E-state index contributed by atoms with van der Waals surface area (Å²) in [5.74, 6) is -0.331. The van der Waals surface area contributed by atoms with Crippen LogP contribution < -0.4 is 0 Å². The van der Waals surface area contributed by atoms with E-state index >= 15 is 0 Å². The molecule has 1 aliphatic heterocycles. The molecule has 0 spiro atoms. The van der Waals surface area contributed by atoms with Crippen molar-refractivity contribution in [1.29, 1.82) is 0 Å². The SMILES string of the molecule is C=CCCC(=O)OCCC(O)COCC(O)COC(CO)COCC1CO1. The van der Waals surface area contributed by atoms with Gasteiger partial charge < -0.3 is 39.0 Å². The summed E-state index contributed by atoms with van der Waals surface area (Å²) in [6.07, 6.45) is 0.645. The molecule has 0 amide bonds. The third-order valence-electron chi connectivity index (χ3n) is 3.62. The molecule has 1 heterocycles. The number of rotatable bonds is 18. The lowest BCUT2D eigenvalue weighted by Crippen LogP contribution is -2.31. The second-order valence-corrected chi connectivity index (χ2v) is 6.31. The molecule has 1 saturated heterocycles. The number of hydrogen-bond donors (Lipinski definition) is 3. The average molecular weight is 392 g/mol. The van der Waals surface area contributed by atoms with E-state index in [2.05, 4.69) is 6.58 Å². The second-order valence-electron chi connectivity index (χ2n) is 6.31. The first-order chi connectivity index (χ1) is 13.0. The minimum absolute atomic E-state index is 0.00912. The zero-order valence-electron chi connectivity index (χ0n) is 15.7. The van der Waals surface area contributed by atoms with Gasteiger partial charge in [-0.05, 0) is 6.42 Å². The van der Waals surface area contributed by atoms with Crippen LogP contribution >= 0.6 is 0 Å². The summed E-state index contributed by atoms with van der Waals surface area (Å²) in [6, 6.07) is 0. The van der Waals surface area contributed by atoms with Crippen molar-refractivity contribution in [3.63, 3.8) is 0 Å². The van der Waals surface area contributed by atoms with Crippen LogP contribution in [-0.4, -0.2) is 98.6 Å². The van der Waals surface area contributed by atoms with E-state index in [0.717, 1.165) is 0 Å². The Labute approximate surface area is 159 Å². The Hall–Kier alpha value is -1.07. The number of carbonyl (C=O) groups is 1. The summed E-state index contributed by atoms with van der Waals surface area (Å²) in [5, 5.41) is 28.8. The number of aliphatic hydroxyl groups excluding tert-OH is 3. The summed E-state index contributed by atoms with van der Waals surface area (Å²) in [7, 11) is 0. The molecular formula is C18H32O9. The maximum Gasteiger partial charge on any atom is 0.306 e. The quantitative estimate of drug-likeness (QED) is 0.159. The fraction of sp³-hybridized carbons (Fsp3) is 0.833. The molecule has 0 bridgehead atoms. The van der Waals surface area contributed by atoms with Gasteiger partial charge in [-0.3, -0.25) is 4.79 Å². The Bertz CT molecular complexity index is 400. The maximum atomic E-state index is 11.3. The third kappa shape index (κ3) is 13.7. The van der Waals surface area contributed by atoms with Crippen LogP contribution in [0.4, 0.5) is 0 Å². The predicted molar refractivity (Wildman–Crippen MR) is 95.2 cm³/mol. The minimum Gasteiger partial charge on any atom is -0.466 e. The molecule has 4 unspecified atom stereocenters. The molecular weight excluding hydrogens is 360 g/mol. The van der Waals surface area contributed by atoms with Gasteiger partial charge in [0, 0.05) is 12.8 Å². The van der Waals surface area contributed by atoms with Crippen molar-refractivity contribution in [1.82, 2.24) is 0 Å². The van der Waals surface area contributed by atoms with Crippen LogP contribution in [0.5, 0.6) is 0 Å². The molecule has 0 aromatic heterocycles.